The third kappa shape index (κ3) is 3.24. The maximum absolute atomic E-state index is 11.2. The Labute approximate surface area is 91.2 Å². The van der Waals surface area contributed by atoms with Crippen LogP contribution in [0.25, 0.3) is 0 Å². The van der Waals surface area contributed by atoms with E-state index in [1.165, 1.54) is 11.6 Å². The second kappa shape index (κ2) is 5.35. The van der Waals surface area contributed by atoms with Gasteiger partial charge in [-0.25, -0.2) is 0 Å². The summed E-state index contributed by atoms with van der Waals surface area (Å²) in [5.41, 5.74) is 2.46. The highest BCUT2D eigenvalue weighted by molar-refractivity contribution is 5.86. The summed E-state index contributed by atoms with van der Waals surface area (Å²) in [7, 11) is 1.78. The highest BCUT2D eigenvalue weighted by atomic mass is 16.2. The molecule has 0 saturated carbocycles. The molecule has 0 atom stereocenters. The quantitative estimate of drug-likeness (QED) is 0.688. The van der Waals surface area contributed by atoms with Crippen molar-refractivity contribution in [2.45, 2.75) is 19.9 Å². The molecule has 15 heavy (non-hydrogen) atoms. The molecule has 0 fully saturated rings. The molecule has 0 saturated heterocycles. The molecule has 0 unspecified atom stereocenters. The van der Waals surface area contributed by atoms with Crippen molar-refractivity contribution in [3.8, 4) is 0 Å². The number of aryl methyl sites for hydroxylation is 1. The van der Waals surface area contributed by atoms with Gasteiger partial charge in [-0.3, -0.25) is 4.79 Å². The molecule has 0 aliphatic carbocycles. The van der Waals surface area contributed by atoms with E-state index in [-0.39, 0.29) is 5.91 Å². The van der Waals surface area contributed by atoms with Crippen LogP contribution in [0.1, 0.15) is 18.1 Å². The number of hydrogen-bond donors (Lipinski definition) is 0. The molecule has 0 radical (unpaired) electrons. The van der Waals surface area contributed by atoms with Crippen LogP contribution in [-0.4, -0.2) is 17.9 Å². The predicted molar refractivity (Wildman–Crippen MR) is 62.5 cm³/mol. The number of hydrogen-bond acceptors (Lipinski definition) is 1. The van der Waals surface area contributed by atoms with Crippen LogP contribution in [0.5, 0.6) is 0 Å². The first-order valence-electron chi connectivity index (χ1n) is 5.12. The van der Waals surface area contributed by atoms with Crippen LogP contribution < -0.4 is 0 Å². The number of nitrogens with zero attached hydrogens (tertiary/aromatic N) is 1. The molecule has 0 aromatic heterocycles. The molecule has 0 heterocycles. The molecule has 2 heteroatoms. The van der Waals surface area contributed by atoms with Gasteiger partial charge in [0.15, 0.2) is 0 Å². The summed E-state index contributed by atoms with van der Waals surface area (Å²) in [6.07, 6.45) is 2.38. The summed E-state index contributed by atoms with van der Waals surface area (Å²) < 4.78 is 0. The molecular weight excluding hydrogens is 186 g/mol. The molecule has 0 aliphatic rings. The summed E-state index contributed by atoms with van der Waals surface area (Å²) in [6, 6.07) is 8.32. The number of rotatable bonds is 4. The van der Waals surface area contributed by atoms with E-state index in [0.717, 1.165) is 12.0 Å². The van der Waals surface area contributed by atoms with Crippen molar-refractivity contribution in [3.05, 3.63) is 48.0 Å². The Morgan fingerprint density at radius 3 is 2.33 bits per heavy atom. The summed E-state index contributed by atoms with van der Waals surface area (Å²) >= 11 is 0. The third-order valence-corrected chi connectivity index (χ3v) is 2.40. The molecule has 80 valence electrons. The van der Waals surface area contributed by atoms with Crippen LogP contribution in [0.15, 0.2) is 36.9 Å². The number of carbonyl (C=O) groups excluding carboxylic acids is 1. The minimum absolute atomic E-state index is 0.0467. The van der Waals surface area contributed by atoms with Gasteiger partial charge >= 0.3 is 0 Å². The van der Waals surface area contributed by atoms with Crippen molar-refractivity contribution in [1.29, 1.82) is 0 Å². The van der Waals surface area contributed by atoms with Crippen LogP contribution >= 0.6 is 0 Å². The Balaban J connectivity index is 2.64. The van der Waals surface area contributed by atoms with Gasteiger partial charge in [-0.05, 0) is 23.6 Å². The monoisotopic (exact) mass is 203 g/mol. The summed E-state index contributed by atoms with van der Waals surface area (Å²) in [4.78, 5) is 12.9. The molecule has 0 aliphatic heterocycles. The third-order valence-electron chi connectivity index (χ3n) is 2.40. The minimum atomic E-state index is -0.0467. The van der Waals surface area contributed by atoms with Gasteiger partial charge in [0.25, 0.3) is 0 Å². The molecule has 1 rings (SSSR count). The molecule has 2 nitrogen and oxygen atoms in total. The fourth-order valence-corrected chi connectivity index (χ4v) is 1.39. The lowest BCUT2D eigenvalue weighted by atomic mass is 10.1. The van der Waals surface area contributed by atoms with E-state index in [9.17, 15) is 4.79 Å². The molecular formula is C13H17NO. The fraction of sp³-hybridized carbons (Fsp3) is 0.308. The zero-order valence-electron chi connectivity index (χ0n) is 9.36. The normalized spacial score (nSPS) is 9.73. The van der Waals surface area contributed by atoms with Gasteiger partial charge in [0.05, 0.1) is 0 Å². The molecule has 1 aromatic carbocycles. The number of likely N-dealkylation sites (N-methyl/N-ethyl adjacent to an activating group) is 1. The van der Waals surface area contributed by atoms with E-state index in [1.807, 2.05) is 0 Å². The highest BCUT2D eigenvalue weighted by Crippen LogP contribution is 2.07. The van der Waals surface area contributed by atoms with Crippen LogP contribution in [-0.2, 0) is 17.8 Å². The zero-order chi connectivity index (χ0) is 11.3. The first-order valence-corrected chi connectivity index (χ1v) is 5.12. The van der Waals surface area contributed by atoms with Crippen molar-refractivity contribution in [3.63, 3.8) is 0 Å². The maximum atomic E-state index is 11.2. The van der Waals surface area contributed by atoms with E-state index < -0.39 is 0 Å². The van der Waals surface area contributed by atoms with Gasteiger partial charge in [-0.2, -0.15) is 0 Å². The fourth-order valence-electron chi connectivity index (χ4n) is 1.39. The molecule has 0 spiro atoms. The Kier molecular flexibility index (Phi) is 4.10. The highest BCUT2D eigenvalue weighted by Gasteiger charge is 2.04. The first-order chi connectivity index (χ1) is 7.17. The molecule has 1 amide bonds. The van der Waals surface area contributed by atoms with Crippen molar-refractivity contribution in [1.82, 2.24) is 4.90 Å². The topological polar surface area (TPSA) is 20.3 Å². The average molecular weight is 203 g/mol. The Morgan fingerprint density at radius 1 is 1.33 bits per heavy atom. The van der Waals surface area contributed by atoms with Gasteiger partial charge in [0.1, 0.15) is 0 Å². The van der Waals surface area contributed by atoms with Gasteiger partial charge in [-0.15, -0.1) is 0 Å². The van der Waals surface area contributed by atoms with Crippen molar-refractivity contribution in [2.24, 2.45) is 0 Å². The van der Waals surface area contributed by atoms with E-state index >= 15 is 0 Å². The van der Waals surface area contributed by atoms with E-state index in [4.69, 9.17) is 0 Å². The zero-order valence-corrected chi connectivity index (χ0v) is 9.36. The lowest BCUT2D eigenvalue weighted by molar-refractivity contribution is -0.125. The first kappa shape index (κ1) is 11.5. The van der Waals surface area contributed by atoms with Crippen molar-refractivity contribution < 1.29 is 4.79 Å². The van der Waals surface area contributed by atoms with Gasteiger partial charge < -0.3 is 4.90 Å². The van der Waals surface area contributed by atoms with Gasteiger partial charge in [0.2, 0.25) is 5.91 Å². The summed E-state index contributed by atoms with van der Waals surface area (Å²) in [6.45, 7) is 6.22. The van der Waals surface area contributed by atoms with Gasteiger partial charge in [0, 0.05) is 13.6 Å². The van der Waals surface area contributed by atoms with E-state index in [1.54, 1.807) is 11.9 Å². The molecule has 1 aromatic rings. The molecule has 0 N–H and O–H groups in total. The van der Waals surface area contributed by atoms with E-state index in [0.29, 0.717) is 6.54 Å². The molecule has 0 bridgehead atoms. The standard InChI is InChI=1S/C13H17NO/c1-4-11-6-8-12(9-7-11)10-14(3)13(15)5-2/h5-9H,2,4,10H2,1,3H3. The van der Waals surface area contributed by atoms with Crippen molar-refractivity contribution >= 4 is 5.91 Å². The lowest BCUT2D eigenvalue weighted by Crippen LogP contribution is -2.23. The Bertz CT molecular complexity index is 340. The Morgan fingerprint density at radius 2 is 1.87 bits per heavy atom. The van der Waals surface area contributed by atoms with E-state index in [2.05, 4.69) is 37.8 Å². The number of carbonyl (C=O) groups is 1. The SMILES string of the molecule is C=CC(=O)N(C)Cc1ccc(CC)cc1. The smallest absolute Gasteiger partial charge is 0.245 e. The summed E-state index contributed by atoms with van der Waals surface area (Å²) in [5, 5.41) is 0. The summed E-state index contributed by atoms with van der Waals surface area (Å²) in [5.74, 6) is -0.0467. The van der Waals surface area contributed by atoms with Crippen LogP contribution in [0.2, 0.25) is 0 Å². The lowest BCUT2D eigenvalue weighted by Gasteiger charge is -2.15. The van der Waals surface area contributed by atoms with Crippen molar-refractivity contribution in [2.75, 3.05) is 7.05 Å². The minimum Gasteiger partial charge on any atom is -0.338 e. The largest absolute Gasteiger partial charge is 0.338 e. The predicted octanol–water partition coefficient (Wildman–Crippen LogP) is 2.39. The van der Waals surface area contributed by atoms with Crippen LogP contribution in [0.3, 0.4) is 0 Å². The number of benzene rings is 1. The number of amides is 1. The second-order valence-electron chi connectivity index (χ2n) is 3.57. The Hall–Kier alpha value is -1.57. The van der Waals surface area contributed by atoms with Crippen LogP contribution in [0, 0.1) is 0 Å². The average Bonchev–Trinajstić information content (AvgIpc) is 2.29. The second-order valence-corrected chi connectivity index (χ2v) is 3.57. The maximum Gasteiger partial charge on any atom is 0.245 e. The van der Waals surface area contributed by atoms with Crippen LogP contribution in [0.4, 0.5) is 0 Å². The van der Waals surface area contributed by atoms with Gasteiger partial charge in [-0.1, -0.05) is 37.8 Å².